The molecule has 36 heavy (non-hydrogen) atoms. The molecule has 0 amide bonds. The van der Waals surface area contributed by atoms with Crippen LogP contribution in [0.25, 0.3) is 22.3 Å². The van der Waals surface area contributed by atoms with E-state index in [0.29, 0.717) is 11.3 Å². The van der Waals surface area contributed by atoms with Crippen LogP contribution in [-0.2, 0) is 4.74 Å². The van der Waals surface area contributed by atoms with Crippen LogP contribution >= 0.6 is 0 Å². The van der Waals surface area contributed by atoms with Crippen molar-refractivity contribution in [3.8, 4) is 40.1 Å². The maximum atomic E-state index is 13.1. The van der Waals surface area contributed by atoms with Crippen LogP contribution in [0.4, 0.5) is 0 Å². The summed E-state index contributed by atoms with van der Waals surface area (Å²) in [7, 11) is 3.99. The first-order chi connectivity index (χ1) is 17.2. The molecular formula is C24H26O12. The third-order valence-electron chi connectivity index (χ3n) is 5.88. The monoisotopic (exact) mass is 506 g/mol. The zero-order valence-corrected chi connectivity index (χ0v) is 19.6. The first kappa shape index (κ1) is 25.5. The fourth-order valence-electron chi connectivity index (χ4n) is 3.97. The predicted octanol–water partition coefficient (Wildman–Crippen LogP) is 0.370. The Morgan fingerprint density at radius 2 is 1.56 bits per heavy atom. The van der Waals surface area contributed by atoms with E-state index in [1.54, 1.807) is 24.3 Å². The van der Waals surface area contributed by atoms with E-state index < -0.39 is 48.5 Å². The van der Waals surface area contributed by atoms with E-state index in [1.165, 1.54) is 27.4 Å². The van der Waals surface area contributed by atoms with Gasteiger partial charge in [-0.25, -0.2) is 0 Å². The van der Waals surface area contributed by atoms with Gasteiger partial charge >= 0.3 is 0 Å². The molecule has 0 spiro atoms. The Hall–Kier alpha value is -3.55. The van der Waals surface area contributed by atoms with Crippen molar-refractivity contribution in [3.05, 3.63) is 40.6 Å². The highest BCUT2D eigenvalue weighted by molar-refractivity contribution is 5.95. The number of methoxy groups -OCH3 is 3. The van der Waals surface area contributed by atoms with Crippen LogP contribution < -0.4 is 24.4 Å². The second kappa shape index (κ2) is 10.2. The van der Waals surface area contributed by atoms with Gasteiger partial charge in [-0.05, 0) is 24.3 Å². The van der Waals surface area contributed by atoms with E-state index in [0.717, 1.165) is 0 Å². The number of aromatic hydroxyl groups is 1. The van der Waals surface area contributed by atoms with Gasteiger partial charge in [-0.2, -0.15) is 0 Å². The van der Waals surface area contributed by atoms with E-state index in [1.807, 2.05) is 0 Å². The Kier molecular flexibility index (Phi) is 7.24. The highest BCUT2D eigenvalue weighted by Crippen LogP contribution is 2.50. The van der Waals surface area contributed by atoms with Crippen LogP contribution in [0.2, 0.25) is 0 Å². The van der Waals surface area contributed by atoms with Gasteiger partial charge in [0.1, 0.15) is 41.3 Å². The molecule has 2 heterocycles. The lowest BCUT2D eigenvalue weighted by molar-refractivity contribution is -0.277. The van der Waals surface area contributed by atoms with E-state index in [2.05, 4.69) is 0 Å². The van der Waals surface area contributed by atoms with E-state index in [-0.39, 0.29) is 34.0 Å². The standard InChI is InChI=1S/C24H26O12/c1-31-11-6-4-10(5-7-11)13-8-12(26)15-17(28)21(32-2)22(33-3)23(20(15)34-13)36-24-19(30)18(29)16(27)14(9-25)35-24/h4-8,14,16,18-19,24-25,27-30H,9H2,1-3H3. The average Bonchev–Trinajstić information content (AvgIpc) is 2.89. The maximum absolute atomic E-state index is 13.1. The second-order valence-electron chi connectivity index (χ2n) is 7.97. The Labute approximate surface area is 204 Å². The van der Waals surface area contributed by atoms with Crippen molar-refractivity contribution in [2.75, 3.05) is 27.9 Å². The molecule has 12 heteroatoms. The van der Waals surface area contributed by atoms with Crippen LogP contribution in [0.1, 0.15) is 0 Å². The molecule has 1 fully saturated rings. The number of hydrogen-bond donors (Lipinski definition) is 5. The van der Waals surface area contributed by atoms with E-state index in [4.69, 9.17) is 28.1 Å². The minimum atomic E-state index is -1.76. The first-order valence-corrected chi connectivity index (χ1v) is 10.8. The Balaban J connectivity index is 1.92. The fourth-order valence-corrected chi connectivity index (χ4v) is 3.97. The first-order valence-electron chi connectivity index (χ1n) is 10.8. The molecule has 1 aliphatic heterocycles. The van der Waals surface area contributed by atoms with Crippen LogP contribution in [-0.4, -0.2) is 84.2 Å². The van der Waals surface area contributed by atoms with Crippen molar-refractivity contribution in [1.29, 1.82) is 0 Å². The number of aliphatic hydroxyl groups is 4. The van der Waals surface area contributed by atoms with Crippen molar-refractivity contribution >= 4 is 11.0 Å². The zero-order chi connectivity index (χ0) is 26.1. The minimum absolute atomic E-state index is 0.112. The summed E-state index contributed by atoms with van der Waals surface area (Å²) in [6, 6.07) is 7.81. The maximum Gasteiger partial charge on any atom is 0.229 e. The van der Waals surface area contributed by atoms with Crippen molar-refractivity contribution in [2.45, 2.75) is 30.7 Å². The molecule has 194 valence electrons. The molecule has 5 N–H and O–H groups in total. The normalized spacial score (nSPS) is 23.9. The summed E-state index contributed by atoms with van der Waals surface area (Å²) >= 11 is 0. The minimum Gasteiger partial charge on any atom is -0.504 e. The topological polar surface area (TPSA) is 178 Å². The second-order valence-corrected chi connectivity index (χ2v) is 7.97. The molecule has 2 aromatic carbocycles. The number of aliphatic hydroxyl groups excluding tert-OH is 4. The summed E-state index contributed by atoms with van der Waals surface area (Å²) in [5, 5.41) is 50.7. The SMILES string of the molecule is COc1ccc(-c2cc(=O)c3c(O)c(OC)c(OC)c(OC4OC(CO)C(O)C(O)C4O)c3o2)cc1. The molecule has 1 aromatic heterocycles. The smallest absolute Gasteiger partial charge is 0.229 e. The van der Waals surface area contributed by atoms with Gasteiger partial charge in [0, 0.05) is 11.6 Å². The number of hydrogen-bond acceptors (Lipinski definition) is 12. The lowest BCUT2D eigenvalue weighted by Gasteiger charge is -2.39. The van der Waals surface area contributed by atoms with Gasteiger partial charge in [-0.15, -0.1) is 0 Å². The molecular weight excluding hydrogens is 480 g/mol. The summed E-state index contributed by atoms with van der Waals surface area (Å²) in [5.41, 5.74) is -0.400. The van der Waals surface area contributed by atoms with Crippen molar-refractivity contribution in [2.24, 2.45) is 0 Å². The number of phenols is 1. The lowest BCUT2D eigenvalue weighted by Crippen LogP contribution is -2.60. The molecule has 4 rings (SSSR count). The molecule has 0 aliphatic carbocycles. The van der Waals surface area contributed by atoms with Gasteiger partial charge in [0.25, 0.3) is 0 Å². The molecule has 0 saturated carbocycles. The molecule has 1 saturated heterocycles. The van der Waals surface area contributed by atoms with Gasteiger partial charge in [0.05, 0.1) is 27.9 Å². The molecule has 1 aliphatic rings. The highest BCUT2D eigenvalue weighted by atomic mass is 16.7. The van der Waals surface area contributed by atoms with Gasteiger partial charge in [0.2, 0.25) is 23.5 Å². The van der Waals surface area contributed by atoms with Crippen molar-refractivity contribution in [3.63, 3.8) is 0 Å². The Morgan fingerprint density at radius 3 is 2.14 bits per heavy atom. The van der Waals surface area contributed by atoms with Gasteiger partial charge in [0.15, 0.2) is 16.8 Å². The average molecular weight is 506 g/mol. The number of phenolic OH excluding ortho intramolecular Hbond substituents is 1. The molecule has 5 atom stereocenters. The van der Waals surface area contributed by atoms with E-state index in [9.17, 15) is 30.3 Å². The molecule has 3 aromatic rings. The highest BCUT2D eigenvalue weighted by Gasteiger charge is 2.45. The third kappa shape index (κ3) is 4.29. The van der Waals surface area contributed by atoms with Gasteiger partial charge in [-0.1, -0.05) is 0 Å². The summed E-state index contributed by atoms with van der Waals surface area (Å²) in [6.07, 6.45) is -8.00. The number of ether oxygens (including phenoxy) is 5. The molecule has 5 unspecified atom stereocenters. The summed E-state index contributed by atoms with van der Waals surface area (Å²) in [5.74, 6) is -0.624. The summed E-state index contributed by atoms with van der Waals surface area (Å²) < 4.78 is 33.0. The largest absolute Gasteiger partial charge is 0.504 e. The van der Waals surface area contributed by atoms with Gasteiger partial charge < -0.3 is 53.6 Å². The quantitative estimate of drug-likeness (QED) is 0.298. The third-order valence-corrected chi connectivity index (χ3v) is 5.88. The molecule has 12 nitrogen and oxygen atoms in total. The Morgan fingerprint density at radius 1 is 0.889 bits per heavy atom. The van der Waals surface area contributed by atoms with Crippen molar-refractivity contribution in [1.82, 2.24) is 0 Å². The van der Waals surface area contributed by atoms with E-state index >= 15 is 0 Å². The zero-order valence-electron chi connectivity index (χ0n) is 19.6. The summed E-state index contributed by atoms with van der Waals surface area (Å²) in [6.45, 7) is -0.682. The van der Waals surface area contributed by atoms with Crippen LogP contribution in [0.3, 0.4) is 0 Å². The van der Waals surface area contributed by atoms with Crippen LogP contribution in [0, 0.1) is 0 Å². The number of benzene rings is 2. The lowest BCUT2D eigenvalue weighted by atomic mass is 9.99. The van der Waals surface area contributed by atoms with Crippen LogP contribution in [0.15, 0.2) is 39.5 Å². The van der Waals surface area contributed by atoms with Crippen molar-refractivity contribution < 1.29 is 53.6 Å². The Bertz CT molecular complexity index is 1280. The number of rotatable bonds is 7. The fraction of sp³-hybridized carbons (Fsp3) is 0.375. The summed E-state index contributed by atoms with van der Waals surface area (Å²) in [4.78, 5) is 13.1. The molecule has 0 radical (unpaired) electrons. The number of fused-ring (bicyclic) bond motifs is 1. The van der Waals surface area contributed by atoms with Crippen LogP contribution in [0.5, 0.6) is 28.7 Å². The van der Waals surface area contributed by atoms with Gasteiger partial charge in [-0.3, -0.25) is 4.79 Å². The molecule has 0 bridgehead atoms. The predicted molar refractivity (Wildman–Crippen MR) is 124 cm³/mol.